The maximum atomic E-state index is 12.6. The van der Waals surface area contributed by atoms with Crippen LogP contribution < -0.4 is 10.1 Å². The number of halogens is 1. The van der Waals surface area contributed by atoms with Crippen LogP contribution in [-0.4, -0.2) is 18.6 Å². The van der Waals surface area contributed by atoms with Crippen LogP contribution in [-0.2, 0) is 4.79 Å². The molecule has 0 unspecified atom stereocenters. The Labute approximate surface area is 101 Å². The van der Waals surface area contributed by atoms with Gasteiger partial charge in [0, 0.05) is 6.04 Å². The molecule has 0 aromatic heterocycles. The second-order valence-electron chi connectivity index (χ2n) is 4.34. The molecule has 3 nitrogen and oxygen atoms in total. The van der Waals surface area contributed by atoms with Crippen molar-refractivity contribution in [2.75, 3.05) is 6.61 Å². The van der Waals surface area contributed by atoms with Crippen LogP contribution in [0.1, 0.15) is 20.8 Å². The smallest absolute Gasteiger partial charge is 0.258 e. The summed E-state index contributed by atoms with van der Waals surface area (Å²) in [6.45, 7) is 5.96. The first kappa shape index (κ1) is 13.5. The molecule has 0 radical (unpaired) electrons. The van der Waals surface area contributed by atoms with Crippen molar-refractivity contribution in [2.24, 2.45) is 5.92 Å². The van der Waals surface area contributed by atoms with Gasteiger partial charge in [0.25, 0.3) is 5.91 Å². The number of ether oxygens (including phenoxy) is 1. The predicted molar refractivity (Wildman–Crippen MR) is 64.3 cm³/mol. The van der Waals surface area contributed by atoms with Gasteiger partial charge in [-0.2, -0.15) is 0 Å². The molecule has 1 rings (SSSR count). The van der Waals surface area contributed by atoms with Crippen molar-refractivity contribution in [3.8, 4) is 5.75 Å². The maximum Gasteiger partial charge on any atom is 0.258 e. The zero-order valence-electron chi connectivity index (χ0n) is 10.4. The van der Waals surface area contributed by atoms with Crippen molar-refractivity contribution >= 4 is 5.91 Å². The lowest BCUT2D eigenvalue weighted by atomic mass is 10.1. The molecule has 0 aliphatic carbocycles. The predicted octanol–water partition coefficient (Wildman–Crippen LogP) is 2.37. The molecule has 0 saturated heterocycles. The van der Waals surface area contributed by atoms with E-state index in [2.05, 4.69) is 5.32 Å². The molecule has 1 atom stereocenters. The standard InChI is InChI=1S/C13H18FNO2/c1-9(2)10(3)15-13(16)8-17-12-6-4-11(14)5-7-12/h4-7,9-10H,8H2,1-3H3,(H,15,16)/t10-/m0/s1. The van der Waals surface area contributed by atoms with Gasteiger partial charge in [-0.3, -0.25) is 4.79 Å². The molecule has 0 spiro atoms. The molecule has 0 saturated carbocycles. The summed E-state index contributed by atoms with van der Waals surface area (Å²) in [7, 11) is 0. The summed E-state index contributed by atoms with van der Waals surface area (Å²) in [6, 6.07) is 5.69. The third-order valence-corrected chi connectivity index (χ3v) is 2.57. The van der Waals surface area contributed by atoms with Crippen LogP contribution in [0.15, 0.2) is 24.3 Å². The zero-order chi connectivity index (χ0) is 12.8. The van der Waals surface area contributed by atoms with Gasteiger partial charge in [-0.25, -0.2) is 4.39 Å². The molecule has 0 aliphatic heterocycles. The number of rotatable bonds is 5. The molecular weight excluding hydrogens is 221 g/mol. The van der Waals surface area contributed by atoms with Crippen molar-refractivity contribution in [1.29, 1.82) is 0 Å². The molecule has 0 bridgehead atoms. The minimum absolute atomic E-state index is 0.0529. The summed E-state index contributed by atoms with van der Waals surface area (Å²) in [4.78, 5) is 11.5. The van der Waals surface area contributed by atoms with Gasteiger partial charge in [0.15, 0.2) is 6.61 Å². The van der Waals surface area contributed by atoms with E-state index in [1.54, 1.807) is 0 Å². The Bertz CT molecular complexity index is 362. The highest BCUT2D eigenvalue weighted by atomic mass is 19.1. The first-order valence-electron chi connectivity index (χ1n) is 5.66. The van der Waals surface area contributed by atoms with E-state index in [1.165, 1.54) is 24.3 Å². The van der Waals surface area contributed by atoms with E-state index in [0.29, 0.717) is 11.7 Å². The molecule has 17 heavy (non-hydrogen) atoms. The fourth-order valence-electron chi connectivity index (χ4n) is 1.14. The van der Waals surface area contributed by atoms with E-state index in [1.807, 2.05) is 20.8 Å². The Kier molecular flexibility index (Phi) is 4.94. The van der Waals surface area contributed by atoms with Crippen molar-refractivity contribution in [1.82, 2.24) is 5.32 Å². The fraction of sp³-hybridized carbons (Fsp3) is 0.462. The molecular formula is C13H18FNO2. The fourth-order valence-corrected chi connectivity index (χ4v) is 1.14. The minimum atomic E-state index is -0.324. The van der Waals surface area contributed by atoms with Crippen LogP contribution in [0, 0.1) is 11.7 Å². The van der Waals surface area contributed by atoms with E-state index in [9.17, 15) is 9.18 Å². The molecule has 1 aromatic rings. The van der Waals surface area contributed by atoms with Gasteiger partial charge in [0.05, 0.1) is 0 Å². The number of amides is 1. The highest BCUT2D eigenvalue weighted by molar-refractivity contribution is 5.77. The molecule has 4 heteroatoms. The van der Waals surface area contributed by atoms with Crippen LogP contribution in [0.5, 0.6) is 5.75 Å². The summed E-state index contributed by atoms with van der Waals surface area (Å²) >= 11 is 0. The summed E-state index contributed by atoms with van der Waals surface area (Å²) in [5.41, 5.74) is 0. The highest BCUT2D eigenvalue weighted by Crippen LogP contribution is 2.10. The number of hydrogen-bond donors (Lipinski definition) is 1. The maximum absolute atomic E-state index is 12.6. The molecule has 0 heterocycles. The van der Waals surface area contributed by atoms with Gasteiger partial charge in [-0.05, 0) is 37.1 Å². The van der Waals surface area contributed by atoms with Gasteiger partial charge in [-0.15, -0.1) is 0 Å². The van der Waals surface area contributed by atoms with Gasteiger partial charge < -0.3 is 10.1 Å². The quantitative estimate of drug-likeness (QED) is 0.856. The van der Waals surface area contributed by atoms with Crippen LogP contribution in [0.3, 0.4) is 0 Å². The number of hydrogen-bond acceptors (Lipinski definition) is 2. The van der Waals surface area contributed by atoms with Crippen LogP contribution in [0.2, 0.25) is 0 Å². The van der Waals surface area contributed by atoms with Crippen LogP contribution in [0.4, 0.5) is 4.39 Å². The van der Waals surface area contributed by atoms with Gasteiger partial charge in [0.1, 0.15) is 11.6 Å². The molecule has 0 aliphatic rings. The van der Waals surface area contributed by atoms with Gasteiger partial charge in [0.2, 0.25) is 0 Å². The first-order chi connectivity index (χ1) is 7.99. The van der Waals surface area contributed by atoms with E-state index in [-0.39, 0.29) is 24.4 Å². The molecule has 0 fully saturated rings. The lowest BCUT2D eigenvalue weighted by Crippen LogP contribution is -2.38. The Morgan fingerprint density at radius 1 is 1.29 bits per heavy atom. The minimum Gasteiger partial charge on any atom is -0.484 e. The number of nitrogens with one attached hydrogen (secondary N) is 1. The lowest BCUT2D eigenvalue weighted by Gasteiger charge is -2.17. The number of carbonyl (C=O) groups is 1. The summed E-state index contributed by atoms with van der Waals surface area (Å²) in [5.74, 6) is 0.370. The average molecular weight is 239 g/mol. The SMILES string of the molecule is CC(C)[C@H](C)NC(=O)COc1ccc(F)cc1. The summed E-state index contributed by atoms with van der Waals surface area (Å²) in [6.07, 6.45) is 0. The molecule has 1 N–H and O–H groups in total. The third kappa shape index (κ3) is 4.85. The number of carbonyl (C=O) groups excluding carboxylic acids is 1. The van der Waals surface area contributed by atoms with Crippen molar-refractivity contribution < 1.29 is 13.9 Å². The topological polar surface area (TPSA) is 38.3 Å². The third-order valence-electron chi connectivity index (χ3n) is 2.57. The van der Waals surface area contributed by atoms with E-state index >= 15 is 0 Å². The Hall–Kier alpha value is -1.58. The molecule has 94 valence electrons. The van der Waals surface area contributed by atoms with E-state index in [4.69, 9.17) is 4.74 Å². The Morgan fingerprint density at radius 2 is 1.88 bits per heavy atom. The zero-order valence-corrected chi connectivity index (χ0v) is 10.4. The first-order valence-corrected chi connectivity index (χ1v) is 5.66. The van der Waals surface area contributed by atoms with Crippen molar-refractivity contribution in [2.45, 2.75) is 26.8 Å². The highest BCUT2D eigenvalue weighted by Gasteiger charge is 2.10. The molecule has 1 amide bonds. The van der Waals surface area contributed by atoms with Crippen molar-refractivity contribution in [3.05, 3.63) is 30.1 Å². The number of benzene rings is 1. The van der Waals surface area contributed by atoms with Crippen molar-refractivity contribution in [3.63, 3.8) is 0 Å². The average Bonchev–Trinajstić information content (AvgIpc) is 2.28. The second kappa shape index (κ2) is 6.23. The largest absolute Gasteiger partial charge is 0.484 e. The van der Waals surface area contributed by atoms with E-state index < -0.39 is 0 Å². The summed E-state index contributed by atoms with van der Waals surface area (Å²) in [5, 5.41) is 2.82. The van der Waals surface area contributed by atoms with Crippen LogP contribution >= 0.6 is 0 Å². The summed E-state index contributed by atoms with van der Waals surface area (Å²) < 4.78 is 17.8. The normalized spacial score (nSPS) is 12.3. The second-order valence-corrected chi connectivity index (χ2v) is 4.34. The lowest BCUT2D eigenvalue weighted by molar-refractivity contribution is -0.124. The van der Waals surface area contributed by atoms with E-state index in [0.717, 1.165) is 0 Å². The monoisotopic (exact) mass is 239 g/mol. The Morgan fingerprint density at radius 3 is 2.41 bits per heavy atom. The molecule has 1 aromatic carbocycles. The van der Waals surface area contributed by atoms with Gasteiger partial charge in [-0.1, -0.05) is 13.8 Å². The van der Waals surface area contributed by atoms with Crippen LogP contribution in [0.25, 0.3) is 0 Å². The Balaban J connectivity index is 2.35. The van der Waals surface area contributed by atoms with Gasteiger partial charge >= 0.3 is 0 Å².